The fourth-order valence-corrected chi connectivity index (χ4v) is 4.63. The second kappa shape index (κ2) is 6.49. The second-order valence-corrected chi connectivity index (χ2v) is 8.68. The average Bonchev–Trinajstić information content (AvgIpc) is 2.94. The number of ether oxygens (including phenoxy) is 1. The SMILES string of the molecule is Cn1cnnc1SCC1=C(C(=O)OC(C)(C)C)N2C(=O)C(=O)[C@@H]2SC1. The molecule has 3 heterocycles. The Morgan fingerprint density at radius 3 is 2.76 bits per heavy atom. The number of carbonyl (C=O) groups is 3. The summed E-state index contributed by atoms with van der Waals surface area (Å²) in [6, 6.07) is 0. The third-order valence-electron chi connectivity index (χ3n) is 3.52. The number of hydrogen-bond donors (Lipinski definition) is 0. The molecule has 1 saturated heterocycles. The Kier molecular flexibility index (Phi) is 4.67. The quantitative estimate of drug-likeness (QED) is 0.329. The van der Waals surface area contributed by atoms with Crippen molar-refractivity contribution < 1.29 is 19.1 Å². The number of aryl methyl sites for hydroxylation is 1. The number of ketones is 1. The van der Waals surface area contributed by atoms with Crippen molar-refractivity contribution in [3.05, 3.63) is 17.6 Å². The first-order valence-electron chi connectivity index (χ1n) is 7.60. The topological polar surface area (TPSA) is 94.4 Å². The molecule has 0 bridgehead atoms. The maximum atomic E-state index is 12.7. The Hall–Kier alpha value is -1.81. The van der Waals surface area contributed by atoms with Gasteiger partial charge in [0.25, 0.3) is 11.7 Å². The zero-order chi connectivity index (χ0) is 18.4. The van der Waals surface area contributed by atoms with Crippen LogP contribution in [0.4, 0.5) is 0 Å². The number of thioether (sulfide) groups is 2. The van der Waals surface area contributed by atoms with Gasteiger partial charge in [-0.3, -0.25) is 14.5 Å². The molecule has 0 aliphatic carbocycles. The molecule has 134 valence electrons. The largest absolute Gasteiger partial charge is 0.455 e. The number of rotatable bonds is 4. The number of nitrogens with zero attached hydrogens (tertiary/aromatic N) is 4. The lowest BCUT2D eigenvalue weighted by Crippen LogP contribution is -2.62. The van der Waals surface area contributed by atoms with Crippen molar-refractivity contribution in [2.24, 2.45) is 7.05 Å². The molecule has 0 aromatic carbocycles. The van der Waals surface area contributed by atoms with E-state index >= 15 is 0 Å². The summed E-state index contributed by atoms with van der Waals surface area (Å²) in [4.78, 5) is 37.6. The van der Waals surface area contributed by atoms with E-state index in [4.69, 9.17) is 4.74 Å². The number of amides is 1. The van der Waals surface area contributed by atoms with Crippen LogP contribution in [0.25, 0.3) is 0 Å². The number of aromatic nitrogens is 3. The van der Waals surface area contributed by atoms with Crippen molar-refractivity contribution in [2.45, 2.75) is 36.9 Å². The van der Waals surface area contributed by atoms with Gasteiger partial charge in [0.2, 0.25) is 0 Å². The summed E-state index contributed by atoms with van der Waals surface area (Å²) >= 11 is 2.76. The molecule has 0 spiro atoms. The monoisotopic (exact) mass is 382 g/mol. The van der Waals surface area contributed by atoms with Crippen LogP contribution in [0.15, 0.2) is 22.8 Å². The van der Waals surface area contributed by atoms with Gasteiger partial charge >= 0.3 is 5.97 Å². The molecule has 3 rings (SSSR count). The van der Waals surface area contributed by atoms with Gasteiger partial charge in [0.1, 0.15) is 17.6 Å². The average molecular weight is 382 g/mol. The van der Waals surface area contributed by atoms with E-state index in [2.05, 4.69) is 10.2 Å². The zero-order valence-corrected chi connectivity index (χ0v) is 15.9. The first kappa shape index (κ1) is 18.0. The summed E-state index contributed by atoms with van der Waals surface area (Å²) in [7, 11) is 1.83. The summed E-state index contributed by atoms with van der Waals surface area (Å²) in [6.07, 6.45) is 1.59. The van der Waals surface area contributed by atoms with Crippen LogP contribution in [-0.2, 0) is 26.2 Å². The fraction of sp³-hybridized carbons (Fsp3) is 0.533. The van der Waals surface area contributed by atoms with Crippen molar-refractivity contribution in [1.82, 2.24) is 19.7 Å². The molecular formula is C15H18N4O4S2. The molecule has 1 aromatic rings. The summed E-state index contributed by atoms with van der Waals surface area (Å²) in [5, 5.41) is 7.91. The highest BCUT2D eigenvalue weighted by molar-refractivity contribution is 8.01. The van der Waals surface area contributed by atoms with Crippen LogP contribution in [0, 0.1) is 0 Å². The molecule has 25 heavy (non-hydrogen) atoms. The number of Topliss-reactive ketones (excluding diaryl/α,β-unsaturated/α-hetero) is 1. The minimum atomic E-state index is -0.691. The molecule has 1 amide bonds. The van der Waals surface area contributed by atoms with E-state index in [9.17, 15) is 14.4 Å². The van der Waals surface area contributed by atoms with Gasteiger partial charge in [0, 0.05) is 18.6 Å². The van der Waals surface area contributed by atoms with E-state index < -0.39 is 28.6 Å². The van der Waals surface area contributed by atoms with Crippen molar-refractivity contribution >= 4 is 41.2 Å². The van der Waals surface area contributed by atoms with Gasteiger partial charge in [0.15, 0.2) is 10.5 Å². The van der Waals surface area contributed by atoms with Crippen molar-refractivity contribution in [1.29, 1.82) is 0 Å². The lowest BCUT2D eigenvalue weighted by atomic mass is 10.1. The van der Waals surface area contributed by atoms with Crippen molar-refractivity contribution in [3.8, 4) is 0 Å². The highest BCUT2D eigenvalue weighted by atomic mass is 32.2. The standard InChI is InChI=1S/C15H18N4O4S2/c1-15(2,3)23-13(22)9-8(6-25-14-17-16-7-18(14)4)5-24-12-10(20)11(21)19(9)12/h7,12H,5-6H2,1-4H3/t12-/m0/s1. The molecule has 8 nitrogen and oxygen atoms in total. The third-order valence-corrected chi connectivity index (χ3v) is 5.89. The van der Waals surface area contributed by atoms with E-state index in [1.54, 1.807) is 31.7 Å². The van der Waals surface area contributed by atoms with Gasteiger partial charge in [0.05, 0.1) is 0 Å². The molecule has 0 saturated carbocycles. The van der Waals surface area contributed by atoms with E-state index in [0.717, 1.165) is 5.57 Å². The molecule has 0 unspecified atom stereocenters. The molecule has 10 heteroatoms. The Morgan fingerprint density at radius 1 is 1.44 bits per heavy atom. The first-order valence-corrected chi connectivity index (χ1v) is 9.63. The minimum Gasteiger partial charge on any atom is -0.455 e. The van der Waals surface area contributed by atoms with Gasteiger partial charge < -0.3 is 9.30 Å². The summed E-state index contributed by atoms with van der Waals surface area (Å²) in [5.74, 6) is -0.754. The number of β-lactam (4-membered cyclic amide) rings is 1. The van der Waals surface area contributed by atoms with Gasteiger partial charge in [-0.05, 0) is 26.3 Å². The Morgan fingerprint density at radius 2 is 2.16 bits per heavy atom. The maximum absolute atomic E-state index is 12.7. The maximum Gasteiger partial charge on any atom is 0.355 e. The van der Waals surface area contributed by atoms with Crippen molar-refractivity contribution in [2.75, 3.05) is 11.5 Å². The van der Waals surface area contributed by atoms with Crippen molar-refractivity contribution in [3.63, 3.8) is 0 Å². The lowest BCUT2D eigenvalue weighted by molar-refractivity contribution is -0.161. The van der Waals surface area contributed by atoms with E-state index in [1.165, 1.54) is 28.4 Å². The highest BCUT2D eigenvalue weighted by Crippen LogP contribution is 2.40. The summed E-state index contributed by atoms with van der Waals surface area (Å²) in [5.41, 5.74) is 0.256. The number of fused-ring (bicyclic) bond motifs is 1. The van der Waals surface area contributed by atoms with E-state index in [-0.39, 0.29) is 5.70 Å². The van der Waals surface area contributed by atoms with Crippen LogP contribution in [0.1, 0.15) is 20.8 Å². The molecule has 1 aromatic heterocycles. The molecule has 2 aliphatic rings. The third kappa shape index (κ3) is 3.45. The molecular weight excluding hydrogens is 364 g/mol. The predicted octanol–water partition coefficient (Wildman–Crippen LogP) is 0.987. The van der Waals surface area contributed by atoms with E-state index in [0.29, 0.717) is 16.7 Å². The van der Waals surface area contributed by atoms with Crippen LogP contribution in [0.2, 0.25) is 0 Å². The molecule has 1 fully saturated rings. The number of hydrogen-bond acceptors (Lipinski definition) is 8. The van der Waals surface area contributed by atoms with Gasteiger partial charge in [-0.25, -0.2) is 4.79 Å². The van der Waals surface area contributed by atoms with Crippen LogP contribution in [0.5, 0.6) is 0 Å². The zero-order valence-electron chi connectivity index (χ0n) is 14.3. The van der Waals surface area contributed by atoms with Crippen LogP contribution >= 0.6 is 23.5 Å². The van der Waals surface area contributed by atoms with Crippen LogP contribution in [0.3, 0.4) is 0 Å². The lowest BCUT2D eigenvalue weighted by Gasteiger charge is -2.43. The predicted molar refractivity (Wildman–Crippen MR) is 92.7 cm³/mol. The smallest absolute Gasteiger partial charge is 0.355 e. The summed E-state index contributed by atoms with van der Waals surface area (Å²) < 4.78 is 7.22. The Bertz CT molecular complexity index is 781. The van der Waals surface area contributed by atoms with Crippen LogP contribution in [-0.4, -0.2) is 59.8 Å². The summed E-state index contributed by atoms with van der Waals surface area (Å²) in [6.45, 7) is 5.28. The Labute approximate surface area is 153 Å². The van der Waals surface area contributed by atoms with E-state index in [1.807, 2.05) is 7.05 Å². The number of esters is 1. The highest BCUT2D eigenvalue weighted by Gasteiger charge is 2.53. The molecule has 0 radical (unpaired) electrons. The first-order chi connectivity index (χ1) is 11.7. The molecule has 0 N–H and O–H groups in total. The van der Waals surface area contributed by atoms with Gasteiger partial charge in [-0.1, -0.05) is 11.8 Å². The normalized spacial score (nSPS) is 20.5. The number of carbonyl (C=O) groups excluding carboxylic acids is 3. The molecule has 2 aliphatic heterocycles. The second-order valence-electron chi connectivity index (χ2n) is 6.67. The van der Waals surface area contributed by atoms with Crippen LogP contribution < -0.4 is 0 Å². The van der Waals surface area contributed by atoms with Gasteiger partial charge in [-0.15, -0.1) is 22.0 Å². The minimum absolute atomic E-state index is 0.193. The fourth-order valence-electron chi connectivity index (χ4n) is 2.40. The Balaban J connectivity index is 1.88. The van der Waals surface area contributed by atoms with Gasteiger partial charge in [-0.2, -0.15) is 0 Å². The molecule has 1 atom stereocenters.